The summed E-state index contributed by atoms with van der Waals surface area (Å²) in [7, 11) is 0. The van der Waals surface area contributed by atoms with E-state index < -0.39 is 5.97 Å². The predicted molar refractivity (Wildman–Crippen MR) is 50.6 cm³/mol. The number of hydrogen-bond donors (Lipinski definition) is 1. The van der Waals surface area contributed by atoms with Crippen molar-refractivity contribution in [1.82, 2.24) is 4.98 Å². The Hall–Kier alpha value is -2.02. The van der Waals surface area contributed by atoms with Crippen molar-refractivity contribution in [2.45, 2.75) is 6.92 Å². The van der Waals surface area contributed by atoms with Crippen LogP contribution in [0.3, 0.4) is 0 Å². The summed E-state index contributed by atoms with van der Waals surface area (Å²) < 4.78 is 4.58. The van der Waals surface area contributed by atoms with Crippen LogP contribution in [0.15, 0.2) is 23.1 Å². The van der Waals surface area contributed by atoms with Gasteiger partial charge in [0.25, 0.3) is 5.56 Å². The molecule has 1 aromatic heterocycles. The van der Waals surface area contributed by atoms with Gasteiger partial charge in [-0.1, -0.05) is 0 Å². The van der Waals surface area contributed by atoms with Crippen molar-refractivity contribution in [3.05, 3.63) is 34.2 Å². The number of aromatic amines is 1. The van der Waals surface area contributed by atoms with Gasteiger partial charge in [0.15, 0.2) is 0 Å². The summed E-state index contributed by atoms with van der Waals surface area (Å²) in [6, 6.07) is 3.17. The molecule has 0 fully saturated rings. The van der Waals surface area contributed by atoms with Gasteiger partial charge in [-0.3, -0.25) is 4.79 Å². The zero-order valence-electron chi connectivity index (χ0n) is 7.66. The SMILES string of the molecule is CCOC(=O)C#Cc1ccc[nH]c1=O. The summed E-state index contributed by atoms with van der Waals surface area (Å²) >= 11 is 0. The fourth-order valence-electron chi connectivity index (χ4n) is 0.806. The molecule has 14 heavy (non-hydrogen) atoms. The van der Waals surface area contributed by atoms with Crippen molar-refractivity contribution in [2.24, 2.45) is 0 Å². The molecule has 1 N–H and O–H groups in total. The molecule has 0 radical (unpaired) electrons. The van der Waals surface area contributed by atoms with Crippen LogP contribution >= 0.6 is 0 Å². The first kappa shape index (κ1) is 10.1. The summed E-state index contributed by atoms with van der Waals surface area (Å²) in [5.74, 6) is 4.01. The van der Waals surface area contributed by atoms with Crippen molar-refractivity contribution < 1.29 is 9.53 Å². The molecule has 0 unspecified atom stereocenters. The Morgan fingerprint density at radius 1 is 1.64 bits per heavy atom. The van der Waals surface area contributed by atoms with E-state index in [2.05, 4.69) is 21.6 Å². The minimum atomic E-state index is -0.629. The minimum Gasteiger partial charge on any atom is -0.456 e. The van der Waals surface area contributed by atoms with E-state index in [1.165, 1.54) is 12.3 Å². The van der Waals surface area contributed by atoms with Gasteiger partial charge in [0, 0.05) is 12.1 Å². The number of carbonyl (C=O) groups is 1. The van der Waals surface area contributed by atoms with Crippen molar-refractivity contribution in [3.8, 4) is 11.8 Å². The number of H-pyrrole nitrogens is 1. The third-order valence-electron chi connectivity index (χ3n) is 1.39. The number of pyridine rings is 1. The second kappa shape index (κ2) is 4.87. The summed E-state index contributed by atoms with van der Waals surface area (Å²) in [5, 5.41) is 0. The first-order chi connectivity index (χ1) is 6.74. The lowest BCUT2D eigenvalue weighted by Gasteiger charge is -1.90. The molecule has 0 saturated heterocycles. The monoisotopic (exact) mass is 191 g/mol. The van der Waals surface area contributed by atoms with Crippen LogP contribution in [0, 0.1) is 11.8 Å². The Labute approximate surface area is 80.9 Å². The van der Waals surface area contributed by atoms with E-state index in [0.29, 0.717) is 0 Å². The number of ether oxygens (including phenoxy) is 1. The van der Waals surface area contributed by atoms with Crippen molar-refractivity contribution in [3.63, 3.8) is 0 Å². The second-order valence-electron chi connectivity index (χ2n) is 2.38. The number of nitrogens with one attached hydrogen (secondary N) is 1. The fourth-order valence-corrected chi connectivity index (χ4v) is 0.806. The molecule has 0 atom stereocenters. The van der Waals surface area contributed by atoms with Crippen LogP contribution in [0.1, 0.15) is 12.5 Å². The van der Waals surface area contributed by atoms with E-state index in [1.54, 1.807) is 13.0 Å². The van der Waals surface area contributed by atoms with Crippen molar-refractivity contribution in [2.75, 3.05) is 6.61 Å². The molecule has 1 rings (SSSR count). The van der Waals surface area contributed by atoms with Crippen LogP contribution in [0.2, 0.25) is 0 Å². The lowest BCUT2D eigenvalue weighted by molar-refractivity contribution is -0.136. The highest BCUT2D eigenvalue weighted by atomic mass is 16.5. The minimum absolute atomic E-state index is 0.251. The molecule has 0 aliphatic rings. The van der Waals surface area contributed by atoms with E-state index in [-0.39, 0.29) is 17.7 Å². The number of esters is 1. The Bertz CT molecular complexity index is 436. The molecule has 4 heteroatoms. The van der Waals surface area contributed by atoms with Crippen molar-refractivity contribution >= 4 is 5.97 Å². The van der Waals surface area contributed by atoms with Gasteiger partial charge in [-0.05, 0) is 25.0 Å². The summed E-state index contributed by atoms with van der Waals surface area (Å²) in [5.41, 5.74) is -0.0650. The largest absolute Gasteiger partial charge is 0.456 e. The number of aromatic nitrogens is 1. The van der Waals surface area contributed by atoms with E-state index in [0.717, 1.165) is 0 Å². The van der Waals surface area contributed by atoms with Gasteiger partial charge in [-0.2, -0.15) is 0 Å². The average molecular weight is 191 g/mol. The van der Waals surface area contributed by atoms with Crippen LogP contribution in [-0.2, 0) is 9.53 Å². The molecule has 0 aromatic carbocycles. The van der Waals surface area contributed by atoms with E-state index in [1.807, 2.05) is 0 Å². The summed E-state index contributed by atoms with van der Waals surface area (Å²) in [6.07, 6.45) is 1.50. The predicted octanol–water partition coefficient (Wildman–Crippen LogP) is 0.290. The van der Waals surface area contributed by atoms with Gasteiger partial charge in [0.1, 0.15) is 0 Å². The molecule has 0 spiro atoms. The van der Waals surface area contributed by atoms with Crippen LogP contribution < -0.4 is 5.56 Å². The van der Waals surface area contributed by atoms with E-state index >= 15 is 0 Å². The lowest BCUT2D eigenvalue weighted by Crippen LogP contribution is -2.08. The second-order valence-corrected chi connectivity index (χ2v) is 2.38. The number of hydrogen-bond acceptors (Lipinski definition) is 3. The molecule has 0 saturated carbocycles. The van der Waals surface area contributed by atoms with Gasteiger partial charge in [0.05, 0.1) is 12.2 Å². The van der Waals surface area contributed by atoms with Gasteiger partial charge >= 0.3 is 5.97 Å². The molecule has 1 aromatic rings. The normalized spacial score (nSPS) is 8.64. The highest BCUT2D eigenvalue weighted by Gasteiger charge is 1.95. The molecule has 0 aliphatic carbocycles. The van der Waals surface area contributed by atoms with Gasteiger partial charge in [0.2, 0.25) is 0 Å². The van der Waals surface area contributed by atoms with Gasteiger partial charge in [-0.15, -0.1) is 0 Å². The Morgan fingerprint density at radius 2 is 2.43 bits per heavy atom. The van der Waals surface area contributed by atoms with E-state index in [9.17, 15) is 9.59 Å². The van der Waals surface area contributed by atoms with Gasteiger partial charge in [-0.25, -0.2) is 4.79 Å². The quantitative estimate of drug-likeness (QED) is 0.512. The molecular weight excluding hydrogens is 182 g/mol. The average Bonchev–Trinajstić information content (AvgIpc) is 2.17. The molecule has 0 aliphatic heterocycles. The zero-order chi connectivity index (χ0) is 10.4. The first-order valence-electron chi connectivity index (χ1n) is 4.10. The third-order valence-corrected chi connectivity index (χ3v) is 1.39. The first-order valence-corrected chi connectivity index (χ1v) is 4.10. The molecule has 72 valence electrons. The molecule has 4 nitrogen and oxygen atoms in total. The molecular formula is C10H9NO3. The lowest BCUT2D eigenvalue weighted by atomic mass is 10.3. The highest BCUT2D eigenvalue weighted by Crippen LogP contribution is 1.85. The number of carbonyl (C=O) groups excluding carboxylic acids is 1. The topological polar surface area (TPSA) is 59.2 Å². The smallest absolute Gasteiger partial charge is 0.384 e. The Morgan fingerprint density at radius 3 is 3.07 bits per heavy atom. The maximum Gasteiger partial charge on any atom is 0.384 e. The Balaban J connectivity index is 2.83. The van der Waals surface area contributed by atoms with Crippen LogP contribution in [-0.4, -0.2) is 17.6 Å². The highest BCUT2D eigenvalue weighted by molar-refractivity contribution is 5.89. The maximum absolute atomic E-state index is 11.1. The van der Waals surface area contributed by atoms with Gasteiger partial charge < -0.3 is 9.72 Å². The molecule has 0 bridgehead atoms. The Kier molecular flexibility index (Phi) is 3.50. The molecule has 0 amide bonds. The standard InChI is InChI=1S/C10H9NO3/c1-2-14-9(12)6-5-8-4-3-7-11-10(8)13/h3-4,7H,2H2,1H3,(H,11,13). The van der Waals surface area contributed by atoms with Crippen LogP contribution in [0.5, 0.6) is 0 Å². The third kappa shape index (κ3) is 2.79. The summed E-state index contributed by atoms with van der Waals surface area (Å²) in [6.45, 7) is 1.97. The summed E-state index contributed by atoms with van der Waals surface area (Å²) in [4.78, 5) is 24.3. The maximum atomic E-state index is 11.1. The van der Waals surface area contributed by atoms with Crippen LogP contribution in [0.25, 0.3) is 0 Å². The fraction of sp³-hybridized carbons (Fsp3) is 0.200. The van der Waals surface area contributed by atoms with Crippen molar-refractivity contribution in [1.29, 1.82) is 0 Å². The molecule has 1 heterocycles. The van der Waals surface area contributed by atoms with Crippen LogP contribution in [0.4, 0.5) is 0 Å². The number of rotatable bonds is 1. The zero-order valence-corrected chi connectivity index (χ0v) is 7.66. The van der Waals surface area contributed by atoms with E-state index in [4.69, 9.17) is 0 Å².